The zero-order valence-electron chi connectivity index (χ0n) is 8.81. The van der Waals surface area contributed by atoms with Crippen LogP contribution >= 0.6 is 12.6 Å². The second-order valence-electron chi connectivity index (χ2n) is 3.71. The number of benzene rings is 1. The van der Waals surface area contributed by atoms with E-state index in [2.05, 4.69) is 30.1 Å². The molecular formula is C13H14NS. The Bertz CT molecular complexity index is 453. The minimum atomic E-state index is 0.152. The van der Waals surface area contributed by atoms with Crippen molar-refractivity contribution in [2.24, 2.45) is 0 Å². The molecule has 1 atom stereocenters. The van der Waals surface area contributed by atoms with Gasteiger partial charge in [0, 0.05) is 5.39 Å². The lowest BCUT2D eigenvalue weighted by molar-refractivity contribution is 0.767. The van der Waals surface area contributed by atoms with E-state index in [1.54, 1.807) is 0 Å². The Labute approximate surface area is 95.9 Å². The van der Waals surface area contributed by atoms with Crippen LogP contribution < -0.4 is 0 Å². The summed E-state index contributed by atoms with van der Waals surface area (Å²) >= 11 is 5.40. The molecule has 15 heavy (non-hydrogen) atoms. The average molecular weight is 216 g/mol. The van der Waals surface area contributed by atoms with Crippen LogP contribution in [0.4, 0.5) is 0 Å². The predicted molar refractivity (Wildman–Crippen MR) is 67.0 cm³/mol. The molecule has 0 aliphatic rings. The molecule has 0 N–H and O–H groups in total. The van der Waals surface area contributed by atoms with E-state index < -0.39 is 0 Å². The van der Waals surface area contributed by atoms with E-state index in [-0.39, 0.29) is 5.25 Å². The van der Waals surface area contributed by atoms with Crippen molar-refractivity contribution in [2.75, 3.05) is 0 Å². The van der Waals surface area contributed by atoms with Gasteiger partial charge in [0.2, 0.25) is 0 Å². The summed E-state index contributed by atoms with van der Waals surface area (Å²) in [5, 5.41) is 1.33. The van der Waals surface area contributed by atoms with Crippen LogP contribution in [-0.4, -0.2) is 4.98 Å². The highest BCUT2D eigenvalue weighted by Crippen LogP contribution is 2.24. The molecule has 0 saturated heterocycles. The molecule has 0 aliphatic heterocycles. The van der Waals surface area contributed by atoms with Crippen molar-refractivity contribution in [3.05, 3.63) is 42.1 Å². The molecule has 1 aromatic carbocycles. The number of para-hydroxylation sites is 1. The minimum absolute atomic E-state index is 0.152. The third-order valence-corrected chi connectivity index (χ3v) is 2.98. The van der Waals surface area contributed by atoms with E-state index in [4.69, 9.17) is 12.6 Å². The molecule has 0 aliphatic carbocycles. The van der Waals surface area contributed by atoms with Gasteiger partial charge < -0.3 is 0 Å². The van der Waals surface area contributed by atoms with Gasteiger partial charge in [-0.15, -0.1) is 0 Å². The SMILES string of the molecule is CCCC([S])c1ccc2ccccc2n1. The van der Waals surface area contributed by atoms with Crippen molar-refractivity contribution in [1.29, 1.82) is 0 Å². The van der Waals surface area contributed by atoms with Crippen molar-refractivity contribution >= 4 is 23.5 Å². The summed E-state index contributed by atoms with van der Waals surface area (Å²) < 4.78 is 0. The molecule has 1 unspecified atom stereocenters. The third-order valence-electron chi connectivity index (χ3n) is 2.50. The minimum Gasteiger partial charge on any atom is -0.252 e. The highest BCUT2D eigenvalue weighted by molar-refractivity contribution is 7.80. The maximum Gasteiger partial charge on any atom is 0.0705 e. The van der Waals surface area contributed by atoms with E-state index in [1.807, 2.05) is 18.2 Å². The van der Waals surface area contributed by atoms with Crippen LogP contribution in [0.3, 0.4) is 0 Å². The zero-order chi connectivity index (χ0) is 10.7. The Morgan fingerprint density at radius 1 is 1.20 bits per heavy atom. The molecule has 2 rings (SSSR count). The van der Waals surface area contributed by atoms with Gasteiger partial charge in [-0.25, -0.2) is 0 Å². The van der Waals surface area contributed by atoms with E-state index in [0.717, 1.165) is 24.1 Å². The molecule has 0 fully saturated rings. The maximum atomic E-state index is 5.40. The van der Waals surface area contributed by atoms with Crippen molar-refractivity contribution in [3.63, 3.8) is 0 Å². The standard InChI is InChI=1S/C13H14NS/c1-2-5-13(15)12-9-8-10-6-3-4-7-11(10)14-12/h3-4,6-9,13H,2,5H2,1H3. The van der Waals surface area contributed by atoms with Crippen molar-refractivity contribution in [1.82, 2.24) is 4.98 Å². The normalized spacial score (nSPS) is 12.9. The second-order valence-corrected chi connectivity index (χ2v) is 4.28. The summed E-state index contributed by atoms with van der Waals surface area (Å²) in [5.41, 5.74) is 2.08. The Morgan fingerprint density at radius 3 is 2.80 bits per heavy atom. The van der Waals surface area contributed by atoms with Crippen LogP contribution in [-0.2, 0) is 0 Å². The number of hydrogen-bond acceptors (Lipinski definition) is 1. The summed E-state index contributed by atoms with van der Waals surface area (Å²) in [4.78, 5) is 4.59. The van der Waals surface area contributed by atoms with Crippen LogP contribution in [0.5, 0.6) is 0 Å². The van der Waals surface area contributed by atoms with Gasteiger partial charge >= 0.3 is 0 Å². The average Bonchev–Trinajstić information content (AvgIpc) is 2.29. The molecule has 0 bridgehead atoms. The second kappa shape index (κ2) is 4.67. The molecule has 0 spiro atoms. The van der Waals surface area contributed by atoms with Gasteiger partial charge in [0.05, 0.1) is 16.5 Å². The van der Waals surface area contributed by atoms with Gasteiger partial charge in [0.15, 0.2) is 0 Å². The quantitative estimate of drug-likeness (QED) is 0.746. The van der Waals surface area contributed by atoms with E-state index in [9.17, 15) is 0 Å². The van der Waals surface area contributed by atoms with Gasteiger partial charge in [0.1, 0.15) is 0 Å². The van der Waals surface area contributed by atoms with Gasteiger partial charge in [-0.1, -0.05) is 50.2 Å². The van der Waals surface area contributed by atoms with Crippen LogP contribution in [0.15, 0.2) is 36.4 Å². The topological polar surface area (TPSA) is 12.9 Å². The monoisotopic (exact) mass is 216 g/mol. The maximum absolute atomic E-state index is 5.40. The molecule has 0 amide bonds. The number of nitrogens with zero attached hydrogens (tertiary/aromatic N) is 1. The molecule has 1 aromatic heterocycles. The first kappa shape index (κ1) is 10.5. The number of aromatic nitrogens is 1. The molecule has 2 aromatic rings. The first-order valence-electron chi connectivity index (χ1n) is 5.32. The van der Waals surface area contributed by atoms with Crippen molar-refractivity contribution < 1.29 is 0 Å². The Hall–Kier alpha value is -1.02. The van der Waals surface area contributed by atoms with E-state index >= 15 is 0 Å². The summed E-state index contributed by atoms with van der Waals surface area (Å²) in [6, 6.07) is 12.3. The highest BCUT2D eigenvalue weighted by Gasteiger charge is 2.07. The summed E-state index contributed by atoms with van der Waals surface area (Å²) in [5.74, 6) is 0. The smallest absolute Gasteiger partial charge is 0.0705 e. The Balaban J connectivity index is 2.38. The number of pyridine rings is 1. The van der Waals surface area contributed by atoms with Gasteiger partial charge in [-0.3, -0.25) is 4.98 Å². The van der Waals surface area contributed by atoms with Crippen molar-refractivity contribution in [2.45, 2.75) is 25.0 Å². The van der Waals surface area contributed by atoms with Crippen LogP contribution in [0.2, 0.25) is 0 Å². The molecule has 1 radical (unpaired) electrons. The fraction of sp³-hybridized carbons (Fsp3) is 0.308. The first-order chi connectivity index (χ1) is 7.31. The van der Waals surface area contributed by atoms with Gasteiger partial charge in [0.25, 0.3) is 0 Å². The Kier molecular flexibility index (Phi) is 3.27. The molecule has 1 nitrogen and oxygen atoms in total. The Morgan fingerprint density at radius 2 is 2.00 bits per heavy atom. The zero-order valence-corrected chi connectivity index (χ0v) is 9.63. The summed E-state index contributed by atoms with van der Waals surface area (Å²) in [6.07, 6.45) is 2.14. The lowest BCUT2D eigenvalue weighted by Crippen LogP contribution is -1.94. The van der Waals surface area contributed by atoms with Crippen LogP contribution in [0, 0.1) is 0 Å². The predicted octanol–water partition coefficient (Wildman–Crippen LogP) is 4.27. The summed E-state index contributed by atoms with van der Waals surface area (Å²) in [7, 11) is 0. The number of rotatable bonds is 3. The van der Waals surface area contributed by atoms with Crippen LogP contribution in [0.1, 0.15) is 30.7 Å². The lowest BCUT2D eigenvalue weighted by Gasteiger charge is -2.08. The highest BCUT2D eigenvalue weighted by atomic mass is 32.1. The number of hydrogen-bond donors (Lipinski definition) is 0. The van der Waals surface area contributed by atoms with Gasteiger partial charge in [-0.05, 0) is 18.6 Å². The molecular weight excluding hydrogens is 202 g/mol. The first-order valence-corrected chi connectivity index (χ1v) is 5.80. The molecule has 2 heteroatoms. The van der Waals surface area contributed by atoms with E-state index in [0.29, 0.717) is 0 Å². The van der Waals surface area contributed by atoms with Gasteiger partial charge in [-0.2, -0.15) is 0 Å². The largest absolute Gasteiger partial charge is 0.252 e. The van der Waals surface area contributed by atoms with E-state index in [1.165, 1.54) is 5.39 Å². The molecule has 1 heterocycles. The third kappa shape index (κ3) is 2.32. The van der Waals surface area contributed by atoms with Crippen LogP contribution in [0.25, 0.3) is 10.9 Å². The number of fused-ring (bicyclic) bond motifs is 1. The fourth-order valence-corrected chi connectivity index (χ4v) is 2.04. The summed E-state index contributed by atoms with van der Waals surface area (Å²) in [6.45, 7) is 2.15. The van der Waals surface area contributed by atoms with Crippen molar-refractivity contribution in [3.8, 4) is 0 Å². The molecule has 77 valence electrons. The lowest BCUT2D eigenvalue weighted by atomic mass is 10.1. The molecule has 0 saturated carbocycles. The fourth-order valence-electron chi connectivity index (χ4n) is 1.67.